The topological polar surface area (TPSA) is 79.7 Å². The molecular formula is C22H27ClN2O5. The van der Waals surface area contributed by atoms with Gasteiger partial charge in [0, 0.05) is 37.9 Å². The minimum absolute atomic E-state index is 0.000712. The summed E-state index contributed by atoms with van der Waals surface area (Å²) in [5.74, 6) is 0.0664. The van der Waals surface area contributed by atoms with Crippen LogP contribution in [0, 0.1) is 5.92 Å². The fourth-order valence-electron chi connectivity index (χ4n) is 3.71. The highest BCUT2D eigenvalue weighted by Crippen LogP contribution is 2.43. The molecule has 1 aliphatic heterocycles. The molecule has 1 unspecified atom stereocenters. The van der Waals surface area contributed by atoms with Gasteiger partial charge in [0.15, 0.2) is 16.3 Å². The van der Waals surface area contributed by atoms with Crippen LogP contribution in [0.2, 0.25) is 5.15 Å². The van der Waals surface area contributed by atoms with E-state index in [2.05, 4.69) is 25.8 Å². The number of esters is 1. The van der Waals surface area contributed by atoms with Gasteiger partial charge in [-0.3, -0.25) is 4.79 Å². The zero-order valence-corrected chi connectivity index (χ0v) is 18.7. The second-order valence-corrected chi connectivity index (χ2v) is 8.32. The highest BCUT2D eigenvalue weighted by molar-refractivity contribution is 6.31. The molecule has 0 aliphatic carbocycles. The van der Waals surface area contributed by atoms with Crippen molar-refractivity contribution in [1.82, 2.24) is 9.55 Å². The highest BCUT2D eigenvalue weighted by Gasteiger charge is 2.38. The smallest absolute Gasteiger partial charge is 0.343 e. The quantitative estimate of drug-likeness (QED) is 0.375. The zero-order chi connectivity index (χ0) is 22.1. The van der Waals surface area contributed by atoms with Gasteiger partial charge in [-0.2, -0.15) is 0 Å². The molecule has 2 aromatic heterocycles. The summed E-state index contributed by atoms with van der Waals surface area (Å²) >= 11 is 6.39. The molecule has 0 fully saturated rings. The van der Waals surface area contributed by atoms with Gasteiger partial charge in [0.1, 0.15) is 5.56 Å². The molecular weight excluding hydrogens is 408 g/mol. The van der Waals surface area contributed by atoms with E-state index in [1.165, 1.54) is 13.2 Å². The minimum Gasteiger partial charge on any atom is -0.490 e. The Morgan fingerprint density at radius 1 is 1.30 bits per heavy atom. The van der Waals surface area contributed by atoms with Gasteiger partial charge in [0.25, 0.3) is 0 Å². The fourth-order valence-corrected chi connectivity index (χ4v) is 3.90. The molecule has 8 heteroatoms. The van der Waals surface area contributed by atoms with Crippen LogP contribution in [-0.4, -0.2) is 43.0 Å². The van der Waals surface area contributed by atoms with Crippen molar-refractivity contribution in [2.45, 2.75) is 39.2 Å². The van der Waals surface area contributed by atoms with Crippen LogP contribution >= 0.6 is 11.6 Å². The van der Waals surface area contributed by atoms with Gasteiger partial charge in [-0.05, 0) is 30.9 Å². The predicted octanol–water partition coefficient (Wildman–Crippen LogP) is 3.69. The molecule has 0 spiro atoms. The number of aromatic nitrogens is 2. The summed E-state index contributed by atoms with van der Waals surface area (Å²) < 4.78 is 17.6. The Morgan fingerprint density at radius 3 is 2.67 bits per heavy atom. The van der Waals surface area contributed by atoms with E-state index >= 15 is 0 Å². The molecule has 0 amide bonds. The second kappa shape index (κ2) is 8.78. The van der Waals surface area contributed by atoms with Crippen LogP contribution in [0.5, 0.6) is 5.75 Å². The lowest BCUT2D eigenvalue weighted by Gasteiger charge is -2.42. The Balaban J connectivity index is 2.14. The average Bonchev–Trinajstić information content (AvgIpc) is 2.71. The first kappa shape index (κ1) is 22.3. The van der Waals surface area contributed by atoms with Gasteiger partial charge in [0.2, 0.25) is 0 Å². The van der Waals surface area contributed by atoms with E-state index in [4.69, 9.17) is 25.8 Å². The first-order chi connectivity index (χ1) is 14.2. The second-order valence-electron chi connectivity index (χ2n) is 7.97. The number of carbonyl (C=O) groups excluding carboxylic acids is 1. The predicted molar refractivity (Wildman–Crippen MR) is 114 cm³/mol. The number of hydrogen-bond acceptors (Lipinski definition) is 6. The number of fused-ring (bicyclic) bond motifs is 3. The first-order valence-corrected chi connectivity index (χ1v) is 10.3. The molecule has 0 aromatic carbocycles. The summed E-state index contributed by atoms with van der Waals surface area (Å²) in [4.78, 5) is 29.3. The maximum atomic E-state index is 12.6. The minimum atomic E-state index is -0.655. The number of halogens is 1. The molecule has 7 nitrogen and oxygen atoms in total. The van der Waals surface area contributed by atoms with E-state index in [1.54, 1.807) is 13.3 Å². The molecule has 0 saturated heterocycles. The zero-order valence-electron chi connectivity index (χ0n) is 18.0. The third-order valence-corrected chi connectivity index (χ3v) is 6.09. The summed E-state index contributed by atoms with van der Waals surface area (Å²) in [5, 5.41) is 0.232. The van der Waals surface area contributed by atoms with E-state index < -0.39 is 11.4 Å². The van der Waals surface area contributed by atoms with Crippen LogP contribution < -0.4 is 10.2 Å². The number of methoxy groups -OCH3 is 2. The van der Waals surface area contributed by atoms with Crippen LogP contribution in [0.15, 0.2) is 23.1 Å². The molecule has 30 heavy (non-hydrogen) atoms. The van der Waals surface area contributed by atoms with Crippen molar-refractivity contribution < 1.29 is 19.0 Å². The Hall–Kier alpha value is -2.38. The van der Waals surface area contributed by atoms with E-state index in [1.807, 2.05) is 10.6 Å². The van der Waals surface area contributed by atoms with E-state index in [0.717, 1.165) is 12.0 Å². The molecule has 0 radical (unpaired) electrons. The van der Waals surface area contributed by atoms with Crippen molar-refractivity contribution >= 4 is 17.6 Å². The van der Waals surface area contributed by atoms with E-state index in [0.29, 0.717) is 36.8 Å². The molecule has 0 bridgehead atoms. The van der Waals surface area contributed by atoms with Crippen LogP contribution in [0.3, 0.4) is 0 Å². The van der Waals surface area contributed by atoms with Crippen LogP contribution in [-0.2, 0) is 21.4 Å². The number of ether oxygens (including phenoxy) is 3. The summed E-state index contributed by atoms with van der Waals surface area (Å²) in [5.41, 5.74) is 1.39. The Kier molecular flexibility index (Phi) is 6.53. The molecule has 0 saturated carbocycles. The summed E-state index contributed by atoms with van der Waals surface area (Å²) in [6.45, 7) is 7.38. The van der Waals surface area contributed by atoms with Gasteiger partial charge >= 0.3 is 5.97 Å². The van der Waals surface area contributed by atoms with Crippen molar-refractivity contribution in [1.29, 1.82) is 0 Å². The van der Waals surface area contributed by atoms with Crippen LogP contribution in [0.1, 0.15) is 43.1 Å². The molecule has 162 valence electrons. The normalized spacial score (nSPS) is 17.4. The highest BCUT2D eigenvalue weighted by atomic mass is 35.5. The third-order valence-electron chi connectivity index (χ3n) is 5.81. The van der Waals surface area contributed by atoms with Crippen LogP contribution in [0.25, 0.3) is 11.4 Å². The molecule has 3 rings (SSSR count). The number of nitrogens with zero attached hydrogens (tertiary/aromatic N) is 2. The molecule has 2 aromatic rings. The lowest BCUT2D eigenvalue weighted by Crippen LogP contribution is -2.43. The lowest BCUT2D eigenvalue weighted by atomic mass is 9.78. The van der Waals surface area contributed by atoms with Gasteiger partial charge in [-0.1, -0.05) is 25.4 Å². The Morgan fingerprint density at radius 2 is 2.03 bits per heavy atom. The molecule has 1 aliphatic rings. The van der Waals surface area contributed by atoms with Crippen molar-refractivity contribution in [2.24, 2.45) is 5.92 Å². The maximum absolute atomic E-state index is 12.6. The number of hydrogen-bond donors (Lipinski definition) is 0. The summed E-state index contributed by atoms with van der Waals surface area (Å²) in [6, 6.07) is 3.34. The number of pyridine rings is 2. The third kappa shape index (κ3) is 3.96. The van der Waals surface area contributed by atoms with Gasteiger partial charge in [0.05, 0.1) is 25.1 Å². The molecule has 1 atom stereocenters. The molecule has 3 heterocycles. The average molecular weight is 435 g/mol. The fraction of sp³-hybridized carbons (Fsp3) is 0.500. The number of carbonyl (C=O) groups is 1. The monoisotopic (exact) mass is 434 g/mol. The molecule has 0 N–H and O–H groups in total. The Bertz CT molecular complexity index is 1020. The van der Waals surface area contributed by atoms with Gasteiger partial charge in [-0.15, -0.1) is 0 Å². The van der Waals surface area contributed by atoms with Crippen molar-refractivity contribution in [2.75, 3.05) is 27.4 Å². The maximum Gasteiger partial charge on any atom is 0.343 e. The van der Waals surface area contributed by atoms with Crippen molar-refractivity contribution in [3.8, 4) is 17.1 Å². The Labute approximate surface area is 180 Å². The van der Waals surface area contributed by atoms with E-state index in [9.17, 15) is 9.59 Å². The lowest BCUT2D eigenvalue weighted by molar-refractivity contribution is 0.0597. The first-order valence-electron chi connectivity index (χ1n) is 9.90. The van der Waals surface area contributed by atoms with E-state index in [-0.39, 0.29) is 22.2 Å². The van der Waals surface area contributed by atoms with Gasteiger partial charge in [-0.25, -0.2) is 9.78 Å². The summed E-state index contributed by atoms with van der Waals surface area (Å²) in [6.07, 6.45) is 2.97. The van der Waals surface area contributed by atoms with Crippen molar-refractivity contribution in [3.05, 3.63) is 44.8 Å². The summed E-state index contributed by atoms with van der Waals surface area (Å²) in [7, 11) is 2.91. The number of rotatable bonds is 7. The standard InChI is InChI=1S/C22H27ClN2O5/c1-13(2)22(3)11-14-9-18(30-8-6-7-28-4)20(23)24-19(14)16-10-17(26)15(12-25(16)22)21(27)29-5/h9-10,12-13H,6-8,11H2,1-5H3. The largest absolute Gasteiger partial charge is 0.490 e. The van der Waals surface area contributed by atoms with Crippen molar-refractivity contribution in [3.63, 3.8) is 0 Å². The SMILES string of the molecule is COCCCOc1cc2c(nc1Cl)-c1cc(=O)c(C(=O)OC)cn1C(C)(C(C)C)C2. The van der Waals surface area contributed by atoms with Gasteiger partial charge < -0.3 is 18.8 Å². The van der Waals surface area contributed by atoms with Crippen LogP contribution in [0.4, 0.5) is 0 Å².